The van der Waals surface area contributed by atoms with Crippen LogP contribution in [0.2, 0.25) is 0 Å². The van der Waals surface area contributed by atoms with Gasteiger partial charge in [-0.3, -0.25) is 4.72 Å². The Morgan fingerprint density at radius 2 is 1.88 bits per heavy atom. The Balaban J connectivity index is 2.60. The van der Waals surface area contributed by atoms with Gasteiger partial charge in [0.15, 0.2) is 0 Å². The number of sulfonamides is 1. The van der Waals surface area contributed by atoms with Gasteiger partial charge in [0.2, 0.25) is 10.0 Å². The highest BCUT2D eigenvalue weighted by Crippen LogP contribution is 2.16. The van der Waals surface area contributed by atoms with E-state index in [0.29, 0.717) is 11.6 Å². The molecule has 0 bridgehead atoms. The molecule has 0 unspecified atom stereocenters. The maximum absolute atomic E-state index is 11.1. The Morgan fingerprint density at radius 1 is 1.24 bits per heavy atom. The summed E-state index contributed by atoms with van der Waals surface area (Å²) in [5.74, 6) is 0.653. The molecular formula is C12H20N2O2S. The number of hydrogen-bond donors (Lipinski definition) is 2. The van der Waals surface area contributed by atoms with E-state index in [1.54, 1.807) is 12.1 Å². The number of benzene rings is 1. The molecule has 0 atom stereocenters. The van der Waals surface area contributed by atoms with E-state index in [1.807, 2.05) is 12.1 Å². The molecule has 0 heterocycles. The molecule has 5 heteroatoms. The average Bonchev–Trinajstić information content (AvgIpc) is 2.14. The van der Waals surface area contributed by atoms with Gasteiger partial charge >= 0.3 is 0 Å². The van der Waals surface area contributed by atoms with Crippen molar-refractivity contribution in [3.8, 4) is 0 Å². The lowest BCUT2D eigenvalue weighted by molar-refractivity contribution is 0.607. The van der Waals surface area contributed by atoms with Crippen molar-refractivity contribution in [1.29, 1.82) is 0 Å². The highest BCUT2D eigenvalue weighted by Gasteiger charge is 2.02. The lowest BCUT2D eigenvalue weighted by atomic mass is 10.1. The molecule has 17 heavy (non-hydrogen) atoms. The molecule has 0 saturated carbocycles. The largest absolute Gasteiger partial charge is 0.385 e. The minimum atomic E-state index is -3.21. The SMILES string of the molecule is CC(C)CCNc1cccc(NS(C)(=O)=O)c1. The standard InChI is InChI=1S/C12H20N2O2S/c1-10(2)7-8-13-11-5-4-6-12(9-11)14-17(3,15)16/h4-6,9-10,13-14H,7-8H2,1-3H3. The zero-order valence-corrected chi connectivity index (χ0v) is 11.3. The van der Waals surface area contributed by atoms with Crippen LogP contribution in [0.15, 0.2) is 24.3 Å². The molecule has 0 fully saturated rings. The van der Waals surface area contributed by atoms with Gasteiger partial charge in [0.25, 0.3) is 0 Å². The van der Waals surface area contributed by atoms with E-state index in [-0.39, 0.29) is 0 Å². The molecule has 0 spiro atoms. The highest BCUT2D eigenvalue weighted by molar-refractivity contribution is 7.92. The van der Waals surface area contributed by atoms with Crippen molar-refractivity contribution in [3.05, 3.63) is 24.3 Å². The summed E-state index contributed by atoms with van der Waals surface area (Å²) in [6.07, 6.45) is 2.23. The molecule has 1 aromatic rings. The third kappa shape index (κ3) is 6.16. The normalized spacial score (nSPS) is 11.5. The van der Waals surface area contributed by atoms with Crippen molar-refractivity contribution in [2.75, 3.05) is 22.8 Å². The summed E-state index contributed by atoms with van der Waals surface area (Å²) in [7, 11) is -3.21. The summed E-state index contributed by atoms with van der Waals surface area (Å²) >= 11 is 0. The van der Waals surface area contributed by atoms with Crippen LogP contribution in [0.4, 0.5) is 11.4 Å². The minimum Gasteiger partial charge on any atom is -0.385 e. The first-order valence-electron chi connectivity index (χ1n) is 5.68. The van der Waals surface area contributed by atoms with E-state index < -0.39 is 10.0 Å². The predicted molar refractivity (Wildman–Crippen MR) is 72.9 cm³/mol. The first-order chi connectivity index (χ1) is 7.87. The van der Waals surface area contributed by atoms with Gasteiger partial charge in [-0.1, -0.05) is 19.9 Å². The van der Waals surface area contributed by atoms with Gasteiger partial charge in [-0.05, 0) is 30.5 Å². The van der Waals surface area contributed by atoms with Crippen molar-refractivity contribution in [1.82, 2.24) is 0 Å². The molecule has 96 valence electrons. The van der Waals surface area contributed by atoms with E-state index in [9.17, 15) is 8.42 Å². The van der Waals surface area contributed by atoms with Gasteiger partial charge in [0, 0.05) is 12.2 Å². The van der Waals surface area contributed by atoms with Gasteiger partial charge in [-0.15, -0.1) is 0 Å². The molecule has 0 amide bonds. The van der Waals surface area contributed by atoms with Crippen LogP contribution in [0.3, 0.4) is 0 Å². The fourth-order valence-electron chi connectivity index (χ4n) is 1.41. The van der Waals surface area contributed by atoms with Crippen LogP contribution in [0, 0.1) is 5.92 Å². The molecule has 4 nitrogen and oxygen atoms in total. The molecular weight excluding hydrogens is 236 g/mol. The van der Waals surface area contributed by atoms with E-state index >= 15 is 0 Å². The zero-order valence-electron chi connectivity index (χ0n) is 10.5. The summed E-state index contributed by atoms with van der Waals surface area (Å²) in [5.41, 5.74) is 1.52. The monoisotopic (exact) mass is 256 g/mol. The van der Waals surface area contributed by atoms with Crippen molar-refractivity contribution in [3.63, 3.8) is 0 Å². The average molecular weight is 256 g/mol. The van der Waals surface area contributed by atoms with Gasteiger partial charge in [0.1, 0.15) is 0 Å². The molecule has 0 aliphatic rings. The van der Waals surface area contributed by atoms with E-state index in [1.165, 1.54) is 0 Å². The molecule has 0 aromatic heterocycles. The van der Waals surface area contributed by atoms with Crippen LogP contribution >= 0.6 is 0 Å². The molecule has 0 radical (unpaired) electrons. The van der Waals surface area contributed by atoms with Crippen LogP contribution in [0.25, 0.3) is 0 Å². The Morgan fingerprint density at radius 3 is 2.47 bits per heavy atom. The summed E-state index contributed by atoms with van der Waals surface area (Å²) in [6.45, 7) is 5.23. The maximum Gasteiger partial charge on any atom is 0.229 e. The molecule has 1 rings (SSSR count). The van der Waals surface area contributed by atoms with Crippen molar-refractivity contribution < 1.29 is 8.42 Å². The predicted octanol–water partition coefficient (Wildman–Crippen LogP) is 2.52. The Kier molecular flexibility index (Phi) is 4.81. The second-order valence-corrected chi connectivity index (χ2v) is 6.31. The van der Waals surface area contributed by atoms with E-state index in [0.717, 1.165) is 24.9 Å². The third-order valence-corrected chi connectivity index (χ3v) is 2.82. The smallest absolute Gasteiger partial charge is 0.229 e. The molecule has 2 N–H and O–H groups in total. The number of hydrogen-bond acceptors (Lipinski definition) is 3. The minimum absolute atomic E-state index is 0.585. The summed E-state index contributed by atoms with van der Waals surface area (Å²) < 4.78 is 24.6. The van der Waals surface area contributed by atoms with Gasteiger partial charge < -0.3 is 5.32 Å². The van der Waals surface area contributed by atoms with Crippen molar-refractivity contribution in [2.45, 2.75) is 20.3 Å². The van der Waals surface area contributed by atoms with Crippen LogP contribution in [0.5, 0.6) is 0 Å². The lowest BCUT2D eigenvalue weighted by Gasteiger charge is -2.10. The number of anilines is 2. The number of nitrogens with one attached hydrogen (secondary N) is 2. The first kappa shape index (κ1) is 13.8. The maximum atomic E-state index is 11.1. The molecule has 1 aromatic carbocycles. The molecule has 0 aliphatic carbocycles. The molecule has 0 aliphatic heterocycles. The second-order valence-electron chi connectivity index (χ2n) is 4.56. The van der Waals surface area contributed by atoms with E-state index in [4.69, 9.17) is 0 Å². The fourth-order valence-corrected chi connectivity index (χ4v) is 1.97. The first-order valence-corrected chi connectivity index (χ1v) is 7.57. The van der Waals surface area contributed by atoms with Crippen LogP contribution in [-0.4, -0.2) is 21.2 Å². The van der Waals surface area contributed by atoms with Gasteiger partial charge in [-0.2, -0.15) is 0 Å². The zero-order chi connectivity index (χ0) is 12.9. The Bertz CT molecular complexity index is 455. The van der Waals surface area contributed by atoms with Crippen molar-refractivity contribution in [2.24, 2.45) is 5.92 Å². The Labute approximate surface area is 103 Å². The van der Waals surface area contributed by atoms with Crippen LogP contribution in [-0.2, 0) is 10.0 Å². The van der Waals surface area contributed by atoms with Gasteiger partial charge in [0.05, 0.1) is 11.9 Å². The third-order valence-electron chi connectivity index (χ3n) is 2.22. The summed E-state index contributed by atoms with van der Waals surface area (Å²) in [4.78, 5) is 0. The highest BCUT2D eigenvalue weighted by atomic mass is 32.2. The lowest BCUT2D eigenvalue weighted by Crippen LogP contribution is -2.10. The number of rotatable bonds is 6. The van der Waals surface area contributed by atoms with Crippen LogP contribution in [0.1, 0.15) is 20.3 Å². The van der Waals surface area contributed by atoms with Crippen LogP contribution < -0.4 is 10.0 Å². The summed E-state index contributed by atoms with van der Waals surface area (Å²) in [5, 5.41) is 3.27. The fraction of sp³-hybridized carbons (Fsp3) is 0.500. The Hall–Kier alpha value is -1.23. The second kappa shape index (κ2) is 5.91. The van der Waals surface area contributed by atoms with Gasteiger partial charge in [-0.25, -0.2) is 8.42 Å². The summed E-state index contributed by atoms with van der Waals surface area (Å²) in [6, 6.07) is 7.27. The van der Waals surface area contributed by atoms with E-state index in [2.05, 4.69) is 23.9 Å². The van der Waals surface area contributed by atoms with Crippen molar-refractivity contribution >= 4 is 21.4 Å². The quantitative estimate of drug-likeness (QED) is 0.822. The topological polar surface area (TPSA) is 58.2 Å². The molecule has 0 saturated heterocycles.